The van der Waals surface area contributed by atoms with Gasteiger partial charge in [-0.05, 0) is 17.3 Å². The topological polar surface area (TPSA) is 67.2 Å². The summed E-state index contributed by atoms with van der Waals surface area (Å²) in [5.74, 6) is 0. The molecule has 1 aromatic heterocycles. The van der Waals surface area contributed by atoms with Gasteiger partial charge in [-0.15, -0.1) is 4.91 Å². The van der Waals surface area contributed by atoms with E-state index in [0.29, 0.717) is 11.0 Å². The van der Waals surface area contributed by atoms with Crippen LogP contribution in [0, 0.1) is 4.91 Å². The fourth-order valence-corrected chi connectivity index (χ4v) is 1.36. The number of benzene rings is 1. The lowest BCUT2D eigenvalue weighted by Gasteiger charge is -1.94. The summed E-state index contributed by atoms with van der Waals surface area (Å²) in [5, 5.41) is 2.84. The van der Waals surface area contributed by atoms with Gasteiger partial charge in [0.15, 0.2) is 0 Å². The van der Waals surface area contributed by atoms with Crippen molar-refractivity contribution in [2.75, 3.05) is 0 Å². The molecule has 2 rings (SSSR count). The largest absolute Gasteiger partial charge is 0.326 e. The summed E-state index contributed by atoms with van der Waals surface area (Å²) in [6.07, 6.45) is 0. The molecular formula is C8H7N3O2. The Bertz CT molecular complexity index is 524. The zero-order valence-corrected chi connectivity index (χ0v) is 6.94. The Labute approximate surface area is 73.0 Å². The molecule has 5 heteroatoms. The van der Waals surface area contributed by atoms with Crippen molar-refractivity contribution in [2.24, 2.45) is 12.2 Å². The van der Waals surface area contributed by atoms with E-state index in [9.17, 15) is 9.70 Å². The summed E-state index contributed by atoms with van der Waals surface area (Å²) in [7, 11) is 1.59. The van der Waals surface area contributed by atoms with Gasteiger partial charge in [-0.3, -0.25) is 4.57 Å². The monoisotopic (exact) mass is 177 g/mol. The first-order valence-corrected chi connectivity index (χ1v) is 3.75. The molecule has 1 heterocycles. The minimum atomic E-state index is -0.244. The number of hydrogen-bond acceptors (Lipinski definition) is 3. The first kappa shape index (κ1) is 7.72. The van der Waals surface area contributed by atoms with Crippen molar-refractivity contribution in [3.63, 3.8) is 0 Å². The normalized spacial score (nSPS) is 10.5. The van der Waals surface area contributed by atoms with Gasteiger partial charge < -0.3 is 4.98 Å². The first-order chi connectivity index (χ1) is 6.24. The van der Waals surface area contributed by atoms with Crippen LogP contribution in [0.25, 0.3) is 11.0 Å². The van der Waals surface area contributed by atoms with Gasteiger partial charge in [0.2, 0.25) is 0 Å². The number of nitroso groups, excluding NO2 is 1. The lowest BCUT2D eigenvalue weighted by Crippen LogP contribution is -2.11. The number of hydrogen-bond donors (Lipinski definition) is 1. The second-order valence-corrected chi connectivity index (χ2v) is 2.75. The van der Waals surface area contributed by atoms with E-state index in [1.165, 1.54) is 4.57 Å². The van der Waals surface area contributed by atoms with Crippen molar-refractivity contribution in [1.29, 1.82) is 0 Å². The Balaban J connectivity index is 3.03. The van der Waals surface area contributed by atoms with Crippen LogP contribution in [0.4, 0.5) is 5.69 Å². The Morgan fingerprint density at radius 1 is 1.46 bits per heavy atom. The summed E-state index contributed by atoms with van der Waals surface area (Å²) in [6.45, 7) is 0. The van der Waals surface area contributed by atoms with Crippen LogP contribution in [0.15, 0.2) is 28.2 Å². The zero-order chi connectivity index (χ0) is 9.42. The molecule has 2 aromatic rings. The number of rotatable bonds is 1. The molecule has 0 bridgehead atoms. The fraction of sp³-hybridized carbons (Fsp3) is 0.125. The minimum absolute atomic E-state index is 0.244. The molecule has 0 atom stereocenters. The number of nitrogens with one attached hydrogen (secondary N) is 1. The zero-order valence-electron chi connectivity index (χ0n) is 6.94. The van der Waals surface area contributed by atoms with Gasteiger partial charge >= 0.3 is 5.69 Å². The van der Waals surface area contributed by atoms with Gasteiger partial charge in [0.25, 0.3) is 0 Å². The summed E-state index contributed by atoms with van der Waals surface area (Å²) < 4.78 is 1.37. The maximum absolute atomic E-state index is 11.2. The third kappa shape index (κ3) is 0.970. The summed E-state index contributed by atoms with van der Waals surface area (Å²) in [5.41, 5.74) is 1.21. The fourth-order valence-electron chi connectivity index (χ4n) is 1.36. The second-order valence-electron chi connectivity index (χ2n) is 2.75. The Hall–Kier alpha value is -1.91. The molecule has 1 aromatic carbocycles. The standard InChI is InChI=1S/C8H7N3O2/c1-11-7-5(9-8(11)12)3-2-4-6(7)10-13/h2-4H,1H3,(H,9,12). The number of para-hydroxylation sites is 1. The SMILES string of the molecule is Cn1c(=O)[nH]c2cccc(N=O)c21. The van der Waals surface area contributed by atoms with E-state index in [-0.39, 0.29) is 11.4 Å². The molecule has 0 aliphatic heterocycles. The molecule has 0 aliphatic carbocycles. The molecular weight excluding hydrogens is 170 g/mol. The van der Waals surface area contributed by atoms with Gasteiger partial charge in [0.05, 0.1) is 11.0 Å². The summed E-state index contributed by atoms with van der Waals surface area (Å²) in [6, 6.07) is 4.98. The van der Waals surface area contributed by atoms with Crippen molar-refractivity contribution in [1.82, 2.24) is 9.55 Å². The van der Waals surface area contributed by atoms with Crippen LogP contribution in [0.1, 0.15) is 0 Å². The highest BCUT2D eigenvalue weighted by molar-refractivity contribution is 5.86. The quantitative estimate of drug-likeness (QED) is 0.666. The number of nitrogens with zero attached hydrogens (tertiary/aromatic N) is 2. The van der Waals surface area contributed by atoms with E-state index >= 15 is 0 Å². The van der Waals surface area contributed by atoms with E-state index < -0.39 is 0 Å². The molecule has 66 valence electrons. The average Bonchev–Trinajstić information content (AvgIpc) is 2.43. The van der Waals surface area contributed by atoms with Gasteiger partial charge in [-0.2, -0.15) is 0 Å². The van der Waals surface area contributed by atoms with E-state index in [4.69, 9.17) is 0 Å². The Kier molecular flexibility index (Phi) is 1.51. The molecule has 1 N–H and O–H groups in total. The summed E-state index contributed by atoms with van der Waals surface area (Å²) >= 11 is 0. The average molecular weight is 177 g/mol. The van der Waals surface area contributed by atoms with Crippen LogP contribution >= 0.6 is 0 Å². The van der Waals surface area contributed by atoms with E-state index in [1.54, 1.807) is 25.2 Å². The molecule has 0 saturated heterocycles. The predicted molar refractivity (Wildman–Crippen MR) is 49.0 cm³/mol. The van der Waals surface area contributed by atoms with Crippen LogP contribution in [0.2, 0.25) is 0 Å². The van der Waals surface area contributed by atoms with Crippen LogP contribution < -0.4 is 5.69 Å². The van der Waals surface area contributed by atoms with E-state index in [2.05, 4.69) is 10.2 Å². The highest BCUT2D eigenvalue weighted by Gasteiger charge is 2.07. The first-order valence-electron chi connectivity index (χ1n) is 3.75. The number of aromatic amines is 1. The number of H-pyrrole nitrogens is 1. The number of fused-ring (bicyclic) bond motifs is 1. The van der Waals surface area contributed by atoms with Crippen LogP contribution in [-0.2, 0) is 7.05 Å². The number of aryl methyl sites for hydroxylation is 1. The van der Waals surface area contributed by atoms with Crippen LogP contribution in [0.5, 0.6) is 0 Å². The van der Waals surface area contributed by atoms with Crippen molar-refractivity contribution in [3.8, 4) is 0 Å². The minimum Gasteiger partial charge on any atom is -0.305 e. The lowest BCUT2D eigenvalue weighted by atomic mass is 10.3. The number of imidazole rings is 1. The molecule has 0 amide bonds. The van der Waals surface area contributed by atoms with Crippen molar-refractivity contribution < 1.29 is 0 Å². The maximum atomic E-state index is 11.2. The Morgan fingerprint density at radius 2 is 2.23 bits per heavy atom. The predicted octanol–water partition coefficient (Wildman–Crippen LogP) is 1.26. The molecule has 13 heavy (non-hydrogen) atoms. The van der Waals surface area contributed by atoms with Gasteiger partial charge in [-0.1, -0.05) is 6.07 Å². The third-order valence-corrected chi connectivity index (χ3v) is 1.99. The van der Waals surface area contributed by atoms with Gasteiger partial charge in [0, 0.05) is 7.05 Å². The molecule has 0 aliphatic rings. The lowest BCUT2D eigenvalue weighted by molar-refractivity contribution is 0.891. The third-order valence-electron chi connectivity index (χ3n) is 1.99. The molecule has 0 saturated carbocycles. The maximum Gasteiger partial charge on any atom is 0.326 e. The smallest absolute Gasteiger partial charge is 0.305 e. The number of aromatic nitrogens is 2. The van der Waals surface area contributed by atoms with Gasteiger partial charge in [0.1, 0.15) is 5.69 Å². The summed E-state index contributed by atoms with van der Waals surface area (Å²) in [4.78, 5) is 24.2. The van der Waals surface area contributed by atoms with E-state index in [0.717, 1.165) is 0 Å². The molecule has 0 spiro atoms. The molecule has 0 radical (unpaired) electrons. The molecule has 5 nitrogen and oxygen atoms in total. The van der Waals surface area contributed by atoms with Crippen molar-refractivity contribution in [3.05, 3.63) is 33.6 Å². The second kappa shape index (κ2) is 2.55. The molecule has 0 fully saturated rings. The molecule has 0 unspecified atom stereocenters. The van der Waals surface area contributed by atoms with Crippen LogP contribution in [-0.4, -0.2) is 9.55 Å². The van der Waals surface area contributed by atoms with Gasteiger partial charge in [-0.25, -0.2) is 4.79 Å². The van der Waals surface area contributed by atoms with Crippen molar-refractivity contribution in [2.45, 2.75) is 0 Å². The Morgan fingerprint density at radius 3 is 2.92 bits per heavy atom. The highest BCUT2D eigenvalue weighted by atomic mass is 16.3. The van der Waals surface area contributed by atoms with Crippen molar-refractivity contribution >= 4 is 16.7 Å². The highest BCUT2D eigenvalue weighted by Crippen LogP contribution is 2.22. The van der Waals surface area contributed by atoms with Crippen LogP contribution in [0.3, 0.4) is 0 Å². The van der Waals surface area contributed by atoms with E-state index in [1.807, 2.05) is 0 Å².